The van der Waals surface area contributed by atoms with Crippen molar-refractivity contribution in [2.45, 2.75) is 20.3 Å². The molecule has 2 rings (SSSR count). The van der Waals surface area contributed by atoms with E-state index in [4.69, 9.17) is 5.11 Å². The minimum Gasteiger partial charge on any atom is -0.481 e. The van der Waals surface area contributed by atoms with Crippen LogP contribution in [-0.2, 0) is 11.2 Å². The second-order valence-corrected chi connectivity index (χ2v) is 4.28. The molecule has 0 saturated heterocycles. The van der Waals surface area contributed by atoms with Crippen LogP contribution in [0.15, 0.2) is 30.6 Å². The standard InChI is InChI=1S/C14H14N2O2/c1-9-3-4-10(2)12(5-9)13-6-11(7-14(17)18)15-8-16-13/h3-6,8H,7H2,1-2H3,(H,17,18). The van der Waals surface area contributed by atoms with Gasteiger partial charge in [0.25, 0.3) is 0 Å². The van der Waals surface area contributed by atoms with Gasteiger partial charge in [0.15, 0.2) is 0 Å². The van der Waals surface area contributed by atoms with E-state index in [1.54, 1.807) is 6.07 Å². The molecule has 18 heavy (non-hydrogen) atoms. The zero-order chi connectivity index (χ0) is 13.1. The fourth-order valence-corrected chi connectivity index (χ4v) is 1.81. The number of rotatable bonds is 3. The van der Waals surface area contributed by atoms with Crippen LogP contribution in [0.3, 0.4) is 0 Å². The van der Waals surface area contributed by atoms with E-state index in [1.807, 2.05) is 32.0 Å². The second-order valence-electron chi connectivity index (χ2n) is 4.28. The second kappa shape index (κ2) is 4.96. The number of hydrogen-bond acceptors (Lipinski definition) is 3. The van der Waals surface area contributed by atoms with Gasteiger partial charge >= 0.3 is 5.97 Å². The summed E-state index contributed by atoms with van der Waals surface area (Å²) in [7, 11) is 0. The lowest BCUT2D eigenvalue weighted by atomic mass is 10.0. The van der Waals surface area contributed by atoms with Crippen LogP contribution in [0.5, 0.6) is 0 Å². The molecule has 0 atom stereocenters. The van der Waals surface area contributed by atoms with Crippen molar-refractivity contribution in [3.05, 3.63) is 47.4 Å². The number of hydrogen-bond donors (Lipinski definition) is 1. The SMILES string of the molecule is Cc1ccc(C)c(-c2cc(CC(=O)O)ncn2)c1. The van der Waals surface area contributed by atoms with Gasteiger partial charge in [-0.3, -0.25) is 4.79 Å². The van der Waals surface area contributed by atoms with Gasteiger partial charge in [0.05, 0.1) is 17.8 Å². The van der Waals surface area contributed by atoms with Gasteiger partial charge in [-0.25, -0.2) is 9.97 Å². The summed E-state index contributed by atoms with van der Waals surface area (Å²) in [4.78, 5) is 18.9. The number of carboxylic acids is 1. The summed E-state index contributed by atoms with van der Waals surface area (Å²) in [5, 5.41) is 8.77. The van der Waals surface area contributed by atoms with Gasteiger partial charge < -0.3 is 5.11 Å². The topological polar surface area (TPSA) is 63.1 Å². The highest BCUT2D eigenvalue weighted by Gasteiger charge is 2.07. The van der Waals surface area contributed by atoms with E-state index >= 15 is 0 Å². The number of carboxylic acid groups (broad SMARTS) is 1. The third kappa shape index (κ3) is 2.71. The fourth-order valence-electron chi connectivity index (χ4n) is 1.81. The number of aliphatic carboxylic acids is 1. The Morgan fingerprint density at radius 2 is 2.00 bits per heavy atom. The predicted molar refractivity (Wildman–Crippen MR) is 68.3 cm³/mol. The van der Waals surface area contributed by atoms with Gasteiger partial charge in [-0.1, -0.05) is 17.7 Å². The van der Waals surface area contributed by atoms with Crippen molar-refractivity contribution in [3.8, 4) is 11.3 Å². The Balaban J connectivity index is 2.44. The highest BCUT2D eigenvalue weighted by molar-refractivity contribution is 5.71. The summed E-state index contributed by atoms with van der Waals surface area (Å²) in [5.74, 6) is -0.888. The Morgan fingerprint density at radius 3 is 2.72 bits per heavy atom. The molecule has 0 bridgehead atoms. The number of carbonyl (C=O) groups is 1. The van der Waals surface area contributed by atoms with Gasteiger partial charge in [0, 0.05) is 5.56 Å². The average Bonchev–Trinajstić information content (AvgIpc) is 2.32. The molecule has 0 aliphatic carbocycles. The first-order valence-electron chi connectivity index (χ1n) is 5.66. The van der Waals surface area contributed by atoms with E-state index in [0.29, 0.717) is 5.69 Å². The molecule has 4 heteroatoms. The van der Waals surface area contributed by atoms with Crippen LogP contribution in [0.2, 0.25) is 0 Å². The van der Waals surface area contributed by atoms with Gasteiger partial charge in [0.1, 0.15) is 6.33 Å². The lowest BCUT2D eigenvalue weighted by Crippen LogP contribution is -2.03. The minimum absolute atomic E-state index is 0.0830. The first-order chi connectivity index (χ1) is 8.56. The Hall–Kier alpha value is -2.23. The molecule has 0 unspecified atom stereocenters. The third-order valence-corrected chi connectivity index (χ3v) is 2.73. The van der Waals surface area contributed by atoms with Crippen molar-refractivity contribution < 1.29 is 9.90 Å². The van der Waals surface area contributed by atoms with Crippen molar-refractivity contribution in [2.24, 2.45) is 0 Å². The maximum Gasteiger partial charge on any atom is 0.309 e. The van der Waals surface area contributed by atoms with E-state index in [1.165, 1.54) is 6.33 Å². The molecule has 1 heterocycles. The summed E-state index contributed by atoms with van der Waals surface area (Å²) in [5.41, 5.74) is 4.56. The number of aromatic nitrogens is 2. The predicted octanol–water partition coefficient (Wildman–Crippen LogP) is 2.39. The molecule has 4 nitrogen and oxygen atoms in total. The molecule has 2 aromatic rings. The Kier molecular flexibility index (Phi) is 3.37. The van der Waals surface area contributed by atoms with Gasteiger partial charge in [-0.2, -0.15) is 0 Å². The highest BCUT2D eigenvalue weighted by Crippen LogP contribution is 2.22. The molecular formula is C14H14N2O2. The van der Waals surface area contributed by atoms with Crippen LogP contribution in [0, 0.1) is 13.8 Å². The largest absolute Gasteiger partial charge is 0.481 e. The van der Waals surface area contributed by atoms with Gasteiger partial charge in [-0.05, 0) is 31.5 Å². The average molecular weight is 242 g/mol. The molecular weight excluding hydrogens is 228 g/mol. The zero-order valence-corrected chi connectivity index (χ0v) is 10.3. The Morgan fingerprint density at radius 1 is 1.22 bits per heavy atom. The van der Waals surface area contributed by atoms with Crippen LogP contribution in [0.25, 0.3) is 11.3 Å². The molecule has 1 aromatic carbocycles. The van der Waals surface area contributed by atoms with Crippen molar-refractivity contribution in [1.82, 2.24) is 9.97 Å². The number of nitrogens with zero attached hydrogens (tertiary/aromatic N) is 2. The molecule has 0 spiro atoms. The summed E-state index contributed by atoms with van der Waals surface area (Å²) >= 11 is 0. The van der Waals surface area contributed by atoms with Crippen LogP contribution in [0.4, 0.5) is 0 Å². The van der Waals surface area contributed by atoms with Crippen LogP contribution in [-0.4, -0.2) is 21.0 Å². The van der Waals surface area contributed by atoms with E-state index < -0.39 is 5.97 Å². The number of benzene rings is 1. The molecule has 0 aliphatic rings. The van der Waals surface area contributed by atoms with Gasteiger partial charge in [0.2, 0.25) is 0 Å². The van der Waals surface area contributed by atoms with Crippen LogP contribution < -0.4 is 0 Å². The molecule has 1 N–H and O–H groups in total. The maximum absolute atomic E-state index is 10.7. The van der Waals surface area contributed by atoms with E-state index in [9.17, 15) is 4.79 Å². The van der Waals surface area contributed by atoms with Crippen molar-refractivity contribution >= 4 is 5.97 Å². The zero-order valence-electron chi connectivity index (χ0n) is 10.3. The monoisotopic (exact) mass is 242 g/mol. The quantitative estimate of drug-likeness (QED) is 0.897. The summed E-state index contributed by atoms with van der Waals surface area (Å²) in [6.07, 6.45) is 1.33. The lowest BCUT2D eigenvalue weighted by molar-refractivity contribution is -0.136. The van der Waals surface area contributed by atoms with Gasteiger partial charge in [-0.15, -0.1) is 0 Å². The van der Waals surface area contributed by atoms with Crippen molar-refractivity contribution in [3.63, 3.8) is 0 Å². The molecule has 0 saturated carbocycles. The smallest absolute Gasteiger partial charge is 0.309 e. The first kappa shape index (κ1) is 12.2. The lowest BCUT2D eigenvalue weighted by Gasteiger charge is -2.07. The number of aryl methyl sites for hydroxylation is 2. The van der Waals surface area contributed by atoms with E-state index in [2.05, 4.69) is 9.97 Å². The Labute approximate surface area is 105 Å². The summed E-state index contributed by atoms with van der Waals surface area (Å²) < 4.78 is 0. The molecule has 0 radical (unpaired) electrons. The van der Waals surface area contributed by atoms with Crippen molar-refractivity contribution in [2.75, 3.05) is 0 Å². The summed E-state index contributed by atoms with van der Waals surface area (Å²) in [6, 6.07) is 7.85. The minimum atomic E-state index is -0.888. The van der Waals surface area contributed by atoms with Crippen LogP contribution >= 0.6 is 0 Å². The van der Waals surface area contributed by atoms with Crippen molar-refractivity contribution in [1.29, 1.82) is 0 Å². The molecule has 0 fully saturated rings. The first-order valence-corrected chi connectivity index (χ1v) is 5.66. The molecule has 92 valence electrons. The molecule has 0 aliphatic heterocycles. The Bertz CT molecular complexity index is 594. The normalized spacial score (nSPS) is 10.3. The molecule has 0 amide bonds. The van der Waals surface area contributed by atoms with E-state index in [0.717, 1.165) is 22.4 Å². The summed E-state index contributed by atoms with van der Waals surface area (Å²) in [6.45, 7) is 4.02. The maximum atomic E-state index is 10.7. The van der Waals surface area contributed by atoms with Crippen LogP contribution in [0.1, 0.15) is 16.8 Å². The fraction of sp³-hybridized carbons (Fsp3) is 0.214. The molecule has 1 aromatic heterocycles. The van der Waals surface area contributed by atoms with E-state index in [-0.39, 0.29) is 6.42 Å². The highest BCUT2D eigenvalue weighted by atomic mass is 16.4. The third-order valence-electron chi connectivity index (χ3n) is 2.73.